The molecule has 21 heavy (non-hydrogen) atoms. The molecule has 1 heterocycles. The Morgan fingerprint density at radius 3 is 2.71 bits per heavy atom. The van der Waals surface area contributed by atoms with Gasteiger partial charge in [0.25, 0.3) is 0 Å². The molecule has 116 valence electrons. The summed E-state index contributed by atoms with van der Waals surface area (Å²) in [6, 6.07) is 4.19. The third-order valence-corrected chi connectivity index (χ3v) is 3.48. The van der Waals surface area contributed by atoms with Crippen molar-refractivity contribution in [2.45, 2.75) is 33.1 Å². The van der Waals surface area contributed by atoms with Crippen LogP contribution >= 0.6 is 12.4 Å². The van der Waals surface area contributed by atoms with Gasteiger partial charge in [-0.25, -0.2) is 0 Å². The van der Waals surface area contributed by atoms with E-state index in [-0.39, 0.29) is 18.3 Å². The van der Waals surface area contributed by atoms with Gasteiger partial charge in [-0.05, 0) is 36.1 Å². The van der Waals surface area contributed by atoms with Crippen molar-refractivity contribution in [2.75, 3.05) is 13.1 Å². The Labute approximate surface area is 131 Å². The largest absolute Gasteiger partial charge is 0.464 e. The molecule has 1 aromatic heterocycles. The summed E-state index contributed by atoms with van der Waals surface area (Å²) in [5, 5.41) is 3.81. The van der Waals surface area contributed by atoms with Crippen LogP contribution in [-0.4, -0.2) is 19.0 Å². The lowest BCUT2D eigenvalue weighted by Crippen LogP contribution is -2.30. The predicted octanol–water partition coefficient (Wildman–Crippen LogP) is 2.90. The van der Waals surface area contributed by atoms with Gasteiger partial charge in [0.1, 0.15) is 5.58 Å². The van der Waals surface area contributed by atoms with E-state index in [2.05, 4.69) is 32.2 Å². The van der Waals surface area contributed by atoms with Crippen LogP contribution in [-0.2, 0) is 11.2 Å². The number of rotatable bonds is 5. The first-order valence-corrected chi connectivity index (χ1v) is 7.00. The van der Waals surface area contributed by atoms with E-state index in [4.69, 9.17) is 10.2 Å². The second-order valence-corrected chi connectivity index (χ2v) is 5.44. The number of carbonyl (C=O) groups excluding carboxylic acids is 1. The zero-order valence-electron chi connectivity index (χ0n) is 12.7. The lowest BCUT2D eigenvalue weighted by molar-refractivity contribution is -0.120. The second-order valence-electron chi connectivity index (χ2n) is 5.44. The summed E-state index contributed by atoms with van der Waals surface area (Å²) in [5.74, 6) is 0.429. The molecule has 0 spiro atoms. The third kappa shape index (κ3) is 3.99. The van der Waals surface area contributed by atoms with Gasteiger partial charge in [-0.1, -0.05) is 13.8 Å². The Hall–Kier alpha value is -1.52. The fourth-order valence-electron chi connectivity index (χ4n) is 2.45. The molecule has 0 radical (unpaired) electrons. The quantitative estimate of drug-likeness (QED) is 0.892. The highest BCUT2D eigenvalue weighted by atomic mass is 35.5. The van der Waals surface area contributed by atoms with Gasteiger partial charge in [-0.15, -0.1) is 12.4 Å². The van der Waals surface area contributed by atoms with Crippen molar-refractivity contribution < 1.29 is 9.21 Å². The molecule has 0 atom stereocenters. The fourth-order valence-corrected chi connectivity index (χ4v) is 2.45. The molecule has 0 fully saturated rings. The minimum absolute atomic E-state index is 0. The molecular weight excluding hydrogens is 288 g/mol. The van der Waals surface area contributed by atoms with Crippen molar-refractivity contribution in [1.29, 1.82) is 0 Å². The van der Waals surface area contributed by atoms with Crippen LogP contribution in [0.1, 0.15) is 36.5 Å². The molecule has 0 aliphatic heterocycles. The van der Waals surface area contributed by atoms with Crippen molar-refractivity contribution in [3.63, 3.8) is 0 Å². The van der Waals surface area contributed by atoms with E-state index < -0.39 is 0 Å². The number of nitrogens with two attached hydrogens (primary N) is 1. The SMILES string of the molecule is Cc1cc2occ(CC(=O)NCCN)c2cc1C(C)C.Cl. The van der Waals surface area contributed by atoms with Crippen LogP contribution in [0.15, 0.2) is 22.8 Å². The maximum Gasteiger partial charge on any atom is 0.224 e. The standard InChI is InChI=1S/C16H22N2O2.ClH/c1-10(2)13-8-14-12(7-16(19)18-5-4-17)9-20-15(14)6-11(13)3;/h6,8-10H,4-5,7,17H2,1-3H3,(H,18,19);1H. The Kier molecular flexibility index (Phi) is 6.24. The molecule has 5 heteroatoms. The van der Waals surface area contributed by atoms with Gasteiger partial charge in [-0.3, -0.25) is 4.79 Å². The van der Waals surface area contributed by atoms with Crippen LogP contribution in [0.5, 0.6) is 0 Å². The van der Waals surface area contributed by atoms with Crippen molar-refractivity contribution in [3.8, 4) is 0 Å². The monoisotopic (exact) mass is 310 g/mol. The Bertz CT molecular complexity index is 620. The average molecular weight is 311 g/mol. The first-order valence-electron chi connectivity index (χ1n) is 7.00. The summed E-state index contributed by atoms with van der Waals surface area (Å²) in [6.45, 7) is 7.38. The summed E-state index contributed by atoms with van der Waals surface area (Å²) >= 11 is 0. The van der Waals surface area contributed by atoms with Gasteiger partial charge >= 0.3 is 0 Å². The van der Waals surface area contributed by atoms with Gasteiger partial charge in [0.05, 0.1) is 12.7 Å². The molecule has 0 unspecified atom stereocenters. The molecule has 2 rings (SSSR count). The zero-order chi connectivity index (χ0) is 14.7. The number of nitrogens with one attached hydrogen (secondary N) is 1. The van der Waals surface area contributed by atoms with Crippen molar-refractivity contribution >= 4 is 29.3 Å². The first kappa shape index (κ1) is 17.5. The zero-order valence-corrected chi connectivity index (χ0v) is 13.5. The van der Waals surface area contributed by atoms with E-state index in [0.29, 0.717) is 25.4 Å². The molecule has 4 nitrogen and oxygen atoms in total. The number of carbonyl (C=O) groups is 1. The summed E-state index contributed by atoms with van der Waals surface area (Å²) in [5.41, 5.74) is 9.66. The van der Waals surface area contributed by atoms with Crippen LogP contribution in [0, 0.1) is 6.92 Å². The van der Waals surface area contributed by atoms with Gasteiger partial charge in [0, 0.05) is 24.0 Å². The van der Waals surface area contributed by atoms with Crippen molar-refractivity contribution in [2.24, 2.45) is 5.73 Å². The third-order valence-electron chi connectivity index (χ3n) is 3.48. The number of fused-ring (bicyclic) bond motifs is 1. The van der Waals surface area contributed by atoms with Crippen molar-refractivity contribution in [1.82, 2.24) is 5.32 Å². The maximum atomic E-state index is 11.8. The molecule has 0 aliphatic carbocycles. The highest BCUT2D eigenvalue weighted by Gasteiger charge is 2.13. The van der Waals surface area contributed by atoms with E-state index >= 15 is 0 Å². The van der Waals surface area contributed by atoms with Gasteiger partial charge < -0.3 is 15.5 Å². The summed E-state index contributed by atoms with van der Waals surface area (Å²) in [6.07, 6.45) is 2.00. The van der Waals surface area contributed by atoms with E-state index in [1.165, 1.54) is 11.1 Å². The molecule has 0 aliphatic rings. The number of amides is 1. The van der Waals surface area contributed by atoms with Crippen LogP contribution in [0.3, 0.4) is 0 Å². The molecule has 2 aromatic rings. The number of hydrogen-bond acceptors (Lipinski definition) is 3. The minimum atomic E-state index is -0.0233. The topological polar surface area (TPSA) is 68.3 Å². The number of hydrogen-bond donors (Lipinski definition) is 2. The number of aryl methyl sites for hydroxylation is 1. The van der Waals surface area contributed by atoms with Crippen molar-refractivity contribution in [3.05, 3.63) is 35.1 Å². The first-order chi connectivity index (χ1) is 9.52. The molecule has 0 saturated carbocycles. The fraction of sp³-hybridized carbons (Fsp3) is 0.438. The van der Waals surface area contributed by atoms with E-state index in [0.717, 1.165) is 16.5 Å². The molecular formula is C16H23ClN2O2. The van der Waals surface area contributed by atoms with Gasteiger partial charge in [0.2, 0.25) is 5.91 Å². The van der Waals surface area contributed by atoms with Crippen LogP contribution < -0.4 is 11.1 Å². The van der Waals surface area contributed by atoms with Gasteiger partial charge in [0.15, 0.2) is 0 Å². The Balaban J connectivity index is 0.00000220. The molecule has 1 amide bonds. The summed E-state index contributed by atoms with van der Waals surface area (Å²) in [7, 11) is 0. The van der Waals surface area contributed by atoms with Crippen LogP contribution in [0.2, 0.25) is 0 Å². The molecule has 1 aromatic carbocycles. The predicted molar refractivity (Wildman–Crippen MR) is 88.1 cm³/mol. The normalized spacial score (nSPS) is 10.7. The van der Waals surface area contributed by atoms with Crippen LogP contribution in [0.25, 0.3) is 11.0 Å². The number of benzene rings is 1. The van der Waals surface area contributed by atoms with Gasteiger partial charge in [-0.2, -0.15) is 0 Å². The molecule has 0 saturated heterocycles. The highest BCUT2D eigenvalue weighted by molar-refractivity contribution is 5.88. The lowest BCUT2D eigenvalue weighted by Gasteiger charge is -2.10. The number of halogens is 1. The highest BCUT2D eigenvalue weighted by Crippen LogP contribution is 2.29. The maximum absolute atomic E-state index is 11.8. The Morgan fingerprint density at radius 2 is 2.10 bits per heavy atom. The smallest absolute Gasteiger partial charge is 0.224 e. The Morgan fingerprint density at radius 1 is 1.38 bits per heavy atom. The number of furan rings is 1. The van der Waals surface area contributed by atoms with E-state index in [1.54, 1.807) is 6.26 Å². The summed E-state index contributed by atoms with van der Waals surface area (Å²) in [4.78, 5) is 11.8. The molecule has 3 N–H and O–H groups in total. The minimum Gasteiger partial charge on any atom is -0.464 e. The summed E-state index contributed by atoms with van der Waals surface area (Å²) < 4.78 is 5.57. The lowest BCUT2D eigenvalue weighted by atomic mass is 9.95. The average Bonchev–Trinajstić information content (AvgIpc) is 2.77. The van der Waals surface area contributed by atoms with E-state index in [1.807, 2.05) is 6.07 Å². The van der Waals surface area contributed by atoms with E-state index in [9.17, 15) is 4.79 Å². The second kappa shape index (κ2) is 7.48. The van der Waals surface area contributed by atoms with Crippen LogP contribution in [0.4, 0.5) is 0 Å². The molecule has 0 bridgehead atoms.